The molecule has 4 heteroatoms. The summed E-state index contributed by atoms with van der Waals surface area (Å²) in [7, 11) is 0. The van der Waals surface area contributed by atoms with Crippen LogP contribution in [0.2, 0.25) is 0 Å². The van der Waals surface area contributed by atoms with Gasteiger partial charge in [-0.3, -0.25) is 4.99 Å². The van der Waals surface area contributed by atoms with Crippen molar-refractivity contribution in [2.75, 3.05) is 13.2 Å². The molecule has 0 aromatic heterocycles. The van der Waals surface area contributed by atoms with Crippen LogP contribution in [0.15, 0.2) is 9.98 Å². The second-order valence-corrected chi connectivity index (χ2v) is 3.89. The Morgan fingerprint density at radius 2 is 2.38 bits per heavy atom. The zero-order valence-electron chi connectivity index (χ0n) is 7.45. The summed E-state index contributed by atoms with van der Waals surface area (Å²) in [6.45, 7) is 1.47. The Hall–Kier alpha value is -0.410. The molecule has 1 aliphatic carbocycles. The van der Waals surface area contributed by atoms with Crippen molar-refractivity contribution in [1.29, 1.82) is 0 Å². The van der Waals surface area contributed by atoms with Crippen molar-refractivity contribution >= 4 is 23.1 Å². The first-order chi connectivity index (χ1) is 6.34. The lowest BCUT2D eigenvalue weighted by Crippen LogP contribution is -2.27. The van der Waals surface area contributed by atoms with Crippen molar-refractivity contribution in [3.05, 3.63) is 0 Å². The van der Waals surface area contributed by atoms with Crippen LogP contribution in [-0.2, 0) is 4.74 Å². The molecule has 0 aromatic rings. The predicted molar refractivity (Wildman–Crippen MR) is 53.7 cm³/mol. The zero-order valence-corrected chi connectivity index (χ0v) is 8.20. The highest BCUT2D eigenvalue weighted by Gasteiger charge is 2.19. The highest BCUT2D eigenvalue weighted by Crippen LogP contribution is 2.26. The van der Waals surface area contributed by atoms with Crippen LogP contribution in [0.25, 0.3) is 0 Å². The van der Waals surface area contributed by atoms with Crippen LogP contribution in [-0.4, -0.2) is 30.8 Å². The van der Waals surface area contributed by atoms with Crippen LogP contribution >= 0.6 is 11.6 Å². The molecule has 0 radical (unpaired) electrons. The third-order valence-corrected chi connectivity index (χ3v) is 2.74. The van der Waals surface area contributed by atoms with Gasteiger partial charge in [0.25, 0.3) is 0 Å². The monoisotopic (exact) mass is 200 g/mol. The van der Waals surface area contributed by atoms with E-state index in [0.717, 1.165) is 12.5 Å². The van der Waals surface area contributed by atoms with Crippen LogP contribution < -0.4 is 0 Å². The third kappa shape index (κ3) is 2.51. The maximum absolute atomic E-state index is 5.62. The van der Waals surface area contributed by atoms with Gasteiger partial charge in [-0.25, -0.2) is 4.99 Å². The fourth-order valence-electron chi connectivity index (χ4n) is 1.41. The Bertz CT molecular complexity index is 236. The fraction of sp³-hybridized carbons (Fsp3) is 0.778. The predicted octanol–water partition coefficient (Wildman–Crippen LogP) is 1.85. The molecule has 1 aliphatic heterocycles. The van der Waals surface area contributed by atoms with E-state index in [2.05, 4.69) is 9.98 Å². The van der Waals surface area contributed by atoms with Gasteiger partial charge in [0.15, 0.2) is 0 Å². The molecule has 1 fully saturated rings. The van der Waals surface area contributed by atoms with Crippen LogP contribution in [0, 0.1) is 5.92 Å². The van der Waals surface area contributed by atoms with E-state index in [0.29, 0.717) is 11.8 Å². The number of hydrogen-bond donors (Lipinski definition) is 0. The van der Waals surface area contributed by atoms with Crippen molar-refractivity contribution in [2.24, 2.45) is 15.9 Å². The molecule has 0 saturated heterocycles. The maximum atomic E-state index is 5.62. The van der Waals surface area contributed by atoms with Crippen molar-refractivity contribution in [3.63, 3.8) is 0 Å². The Balaban J connectivity index is 1.68. The summed E-state index contributed by atoms with van der Waals surface area (Å²) in [4.78, 5) is 7.89. The van der Waals surface area contributed by atoms with Gasteiger partial charge >= 0.3 is 0 Å². The summed E-state index contributed by atoms with van der Waals surface area (Å²) in [5.74, 6) is 0.773. The van der Waals surface area contributed by atoms with Crippen molar-refractivity contribution in [2.45, 2.75) is 25.4 Å². The molecule has 2 rings (SSSR count). The number of hydrogen-bond acceptors (Lipinski definition) is 3. The molecule has 72 valence electrons. The van der Waals surface area contributed by atoms with Crippen molar-refractivity contribution in [1.82, 2.24) is 0 Å². The SMILES string of the molecule is ClC1=NCC(OCC2CCC2)C=N1. The van der Waals surface area contributed by atoms with Crippen LogP contribution in [0.5, 0.6) is 0 Å². The summed E-state index contributed by atoms with van der Waals surface area (Å²) in [6, 6.07) is 0. The molecular formula is C9H13ClN2O. The van der Waals surface area contributed by atoms with Crippen LogP contribution in [0.3, 0.4) is 0 Å². The van der Waals surface area contributed by atoms with E-state index in [1.54, 1.807) is 6.21 Å². The molecule has 1 atom stereocenters. The van der Waals surface area contributed by atoms with Gasteiger partial charge < -0.3 is 4.74 Å². The van der Waals surface area contributed by atoms with Crippen molar-refractivity contribution < 1.29 is 4.74 Å². The molecule has 2 aliphatic rings. The van der Waals surface area contributed by atoms with Gasteiger partial charge in [0.05, 0.1) is 13.2 Å². The molecule has 1 heterocycles. The molecule has 13 heavy (non-hydrogen) atoms. The summed E-state index contributed by atoms with van der Waals surface area (Å²) >= 11 is 5.58. The molecule has 0 N–H and O–H groups in total. The summed E-state index contributed by atoms with van der Waals surface area (Å²) < 4.78 is 5.62. The van der Waals surface area contributed by atoms with E-state index in [1.165, 1.54) is 19.3 Å². The largest absolute Gasteiger partial charge is 0.370 e. The molecule has 3 nitrogen and oxygen atoms in total. The van der Waals surface area contributed by atoms with E-state index in [9.17, 15) is 0 Å². The zero-order chi connectivity index (χ0) is 9.10. The molecule has 1 saturated carbocycles. The van der Waals surface area contributed by atoms with E-state index in [1.807, 2.05) is 0 Å². The molecular weight excluding hydrogens is 188 g/mol. The second kappa shape index (κ2) is 4.20. The molecule has 0 amide bonds. The van der Waals surface area contributed by atoms with Gasteiger partial charge in [0.1, 0.15) is 6.10 Å². The van der Waals surface area contributed by atoms with Gasteiger partial charge in [-0.1, -0.05) is 6.42 Å². The second-order valence-electron chi connectivity index (χ2n) is 3.56. The highest BCUT2D eigenvalue weighted by atomic mass is 35.5. The van der Waals surface area contributed by atoms with Gasteiger partial charge in [0.2, 0.25) is 5.29 Å². The Labute approximate surface area is 82.9 Å². The minimum absolute atomic E-state index is 0.0445. The van der Waals surface area contributed by atoms with Crippen molar-refractivity contribution in [3.8, 4) is 0 Å². The number of amidine groups is 1. The normalized spacial score (nSPS) is 28.4. The summed E-state index contributed by atoms with van der Waals surface area (Å²) in [5.41, 5.74) is 0. The molecule has 1 unspecified atom stereocenters. The molecule has 0 aromatic carbocycles. The summed E-state index contributed by atoms with van der Waals surface area (Å²) in [5, 5.41) is 0.337. The quantitative estimate of drug-likeness (QED) is 0.641. The lowest BCUT2D eigenvalue weighted by Gasteiger charge is -2.26. The van der Waals surface area contributed by atoms with Gasteiger partial charge in [-0.05, 0) is 30.4 Å². The topological polar surface area (TPSA) is 34.0 Å². The number of ether oxygens (including phenoxy) is 1. The van der Waals surface area contributed by atoms with Crippen LogP contribution in [0.4, 0.5) is 0 Å². The first-order valence-corrected chi connectivity index (χ1v) is 5.08. The number of aliphatic imine (C=N–C) groups is 2. The fourth-order valence-corrected chi connectivity index (χ4v) is 1.54. The lowest BCUT2D eigenvalue weighted by atomic mass is 9.86. The van der Waals surface area contributed by atoms with Crippen LogP contribution in [0.1, 0.15) is 19.3 Å². The first-order valence-electron chi connectivity index (χ1n) is 4.70. The van der Waals surface area contributed by atoms with Gasteiger partial charge in [0, 0.05) is 6.21 Å². The average Bonchev–Trinajstić information content (AvgIpc) is 2.05. The van der Waals surface area contributed by atoms with Gasteiger partial charge in [-0.15, -0.1) is 0 Å². The average molecular weight is 201 g/mol. The van der Waals surface area contributed by atoms with E-state index >= 15 is 0 Å². The third-order valence-electron chi connectivity index (χ3n) is 2.52. The Morgan fingerprint density at radius 1 is 1.54 bits per heavy atom. The Morgan fingerprint density at radius 3 is 2.92 bits per heavy atom. The molecule has 0 spiro atoms. The minimum atomic E-state index is 0.0445. The number of nitrogens with zero attached hydrogens (tertiary/aromatic N) is 2. The number of rotatable bonds is 3. The maximum Gasteiger partial charge on any atom is 0.217 e. The lowest BCUT2D eigenvalue weighted by molar-refractivity contribution is 0.0498. The summed E-state index contributed by atoms with van der Waals surface area (Å²) in [6.07, 6.45) is 5.77. The Kier molecular flexibility index (Phi) is 2.96. The highest BCUT2D eigenvalue weighted by molar-refractivity contribution is 6.65. The smallest absolute Gasteiger partial charge is 0.217 e. The molecule has 0 bridgehead atoms. The standard InChI is InChI=1S/C9H13ClN2O/c10-9-11-4-8(5-12-9)13-6-7-2-1-3-7/h4,7-8H,1-3,5-6H2. The first kappa shape index (κ1) is 9.16. The van der Waals surface area contributed by atoms with E-state index < -0.39 is 0 Å². The van der Waals surface area contributed by atoms with Gasteiger partial charge in [-0.2, -0.15) is 0 Å². The number of halogens is 1. The minimum Gasteiger partial charge on any atom is -0.370 e. The van der Waals surface area contributed by atoms with E-state index in [4.69, 9.17) is 16.3 Å². The van der Waals surface area contributed by atoms with E-state index in [-0.39, 0.29) is 6.10 Å².